The maximum atomic E-state index is 12.0. The van der Waals surface area contributed by atoms with Crippen molar-refractivity contribution >= 4 is 29.7 Å². The summed E-state index contributed by atoms with van der Waals surface area (Å²) in [5.41, 5.74) is 2.09. The maximum absolute atomic E-state index is 12.0. The van der Waals surface area contributed by atoms with E-state index in [1.165, 1.54) is 22.7 Å². The van der Waals surface area contributed by atoms with Crippen LogP contribution in [0.5, 0.6) is 0 Å². The number of thioether (sulfide) groups is 1. The molecule has 1 amide bonds. The van der Waals surface area contributed by atoms with E-state index in [9.17, 15) is 9.59 Å². The average molecular weight is 277 g/mol. The van der Waals surface area contributed by atoms with Gasteiger partial charge in [-0.05, 0) is 18.6 Å². The lowest BCUT2D eigenvalue weighted by Crippen LogP contribution is -2.40. The third-order valence-corrected chi connectivity index (χ3v) is 3.96. The highest BCUT2D eigenvalue weighted by molar-refractivity contribution is 7.99. The molecule has 1 atom stereocenters. The van der Waals surface area contributed by atoms with E-state index in [0.29, 0.717) is 11.6 Å². The number of hydrogen-bond acceptors (Lipinski definition) is 3. The van der Waals surface area contributed by atoms with Crippen LogP contribution in [0.1, 0.15) is 11.1 Å². The molecule has 1 aliphatic heterocycles. The van der Waals surface area contributed by atoms with Crippen LogP contribution in [-0.2, 0) is 9.59 Å². The monoisotopic (exact) mass is 277 g/mol. The third kappa shape index (κ3) is 3.38. The highest BCUT2D eigenvalue weighted by atomic mass is 32.2. The van der Waals surface area contributed by atoms with Gasteiger partial charge in [-0.3, -0.25) is 4.79 Å². The van der Waals surface area contributed by atoms with Gasteiger partial charge in [0.05, 0.1) is 5.88 Å². The molecule has 1 heterocycles. The fourth-order valence-electron chi connectivity index (χ4n) is 1.81. The van der Waals surface area contributed by atoms with E-state index in [1.807, 2.05) is 31.2 Å². The molecule has 0 saturated carbocycles. The molecule has 100 valence electrons. The number of aliphatic carboxylic acids is 1. The summed E-state index contributed by atoms with van der Waals surface area (Å²) in [6.45, 7) is 2.00. The van der Waals surface area contributed by atoms with Crippen molar-refractivity contribution in [1.29, 1.82) is 0 Å². The van der Waals surface area contributed by atoms with Gasteiger partial charge in [-0.1, -0.05) is 29.8 Å². The lowest BCUT2D eigenvalue weighted by Gasteiger charge is -2.18. The Balaban J connectivity index is 2.04. The largest absolute Gasteiger partial charge is 0.480 e. The van der Waals surface area contributed by atoms with E-state index in [0.717, 1.165) is 11.1 Å². The van der Waals surface area contributed by atoms with Crippen molar-refractivity contribution in [3.8, 4) is 0 Å². The first-order chi connectivity index (χ1) is 9.08. The van der Waals surface area contributed by atoms with Crippen molar-refractivity contribution in [2.24, 2.45) is 0 Å². The van der Waals surface area contributed by atoms with Crippen LogP contribution in [0.4, 0.5) is 0 Å². The Hall–Kier alpha value is -1.75. The van der Waals surface area contributed by atoms with Crippen LogP contribution in [0.25, 0.3) is 6.08 Å². The zero-order valence-corrected chi connectivity index (χ0v) is 11.4. The van der Waals surface area contributed by atoms with Gasteiger partial charge in [-0.15, -0.1) is 11.8 Å². The Labute approximate surface area is 116 Å². The molecular weight excluding hydrogens is 262 g/mol. The van der Waals surface area contributed by atoms with E-state index in [-0.39, 0.29) is 5.91 Å². The highest BCUT2D eigenvalue weighted by Gasteiger charge is 2.33. The Morgan fingerprint density at radius 2 is 2.05 bits per heavy atom. The number of carboxylic acid groups (broad SMARTS) is 1. The van der Waals surface area contributed by atoms with Gasteiger partial charge < -0.3 is 10.0 Å². The molecular formula is C14H15NO3S. The van der Waals surface area contributed by atoms with Crippen LogP contribution in [0, 0.1) is 6.92 Å². The lowest BCUT2D eigenvalue weighted by atomic mass is 10.1. The van der Waals surface area contributed by atoms with Crippen molar-refractivity contribution < 1.29 is 14.7 Å². The number of hydrogen-bond donors (Lipinski definition) is 1. The summed E-state index contributed by atoms with van der Waals surface area (Å²) in [4.78, 5) is 24.3. The van der Waals surface area contributed by atoms with Gasteiger partial charge in [0, 0.05) is 11.8 Å². The van der Waals surface area contributed by atoms with Gasteiger partial charge in [0.15, 0.2) is 0 Å². The second-order valence-corrected chi connectivity index (χ2v) is 5.41. The normalized spacial score (nSPS) is 19.0. The molecule has 19 heavy (non-hydrogen) atoms. The quantitative estimate of drug-likeness (QED) is 0.858. The molecule has 0 radical (unpaired) electrons. The molecule has 5 heteroatoms. The molecule has 1 N–H and O–H groups in total. The molecule has 1 fully saturated rings. The molecule has 0 spiro atoms. The zero-order valence-electron chi connectivity index (χ0n) is 10.6. The summed E-state index contributed by atoms with van der Waals surface area (Å²) in [6, 6.07) is 7.07. The van der Waals surface area contributed by atoms with Crippen LogP contribution in [0.2, 0.25) is 0 Å². The summed E-state index contributed by atoms with van der Waals surface area (Å²) in [6.07, 6.45) is 3.15. The molecule has 1 aliphatic rings. The summed E-state index contributed by atoms with van der Waals surface area (Å²) in [5, 5.41) is 9.02. The minimum atomic E-state index is -0.943. The minimum absolute atomic E-state index is 0.252. The van der Waals surface area contributed by atoms with Crippen LogP contribution in [-0.4, -0.2) is 39.6 Å². The van der Waals surface area contributed by atoms with Gasteiger partial charge in [0.1, 0.15) is 6.04 Å². The Morgan fingerprint density at radius 1 is 1.37 bits per heavy atom. The van der Waals surface area contributed by atoms with E-state index in [2.05, 4.69) is 0 Å². The van der Waals surface area contributed by atoms with Gasteiger partial charge in [-0.2, -0.15) is 0 Å². The number of carboxylic acids is 1. The smallest absolute Gasteiger partial charge is 0.327 e. The van der Waals surface area contributed by atoms with Crippen molar-refractivity contribution in [2.45, 2.75) is 13.0 Å². The van der Waals surface area contributed by atoms with Gasteiger partial charge in [0.2, 0.25) is 5.91 Å². The fourth-order valence-corrected chi connectivity index (χ4v) is 2.96. The summed E-state index contributed by atoms with van der Waals surface area (Å²) >= 11 is 1.46. The second kappa shape index (κ2) is 5.93. The van der Waals surface area contributed by atoms with Crippen LogP contribution in [0.3, 0.4) is 0 Å². The standard InChI is InChI=1S/C14H15NO3S/c1-10-2-4-11(5-3-10)6-7-13(16)15-9-19-8-12(15)14(17)18/h2-7,12H,8-9H2,1H3,(H,17,18)/b7-6+/t12-/m0/s1. The SMILES string of the molecule is Cc1ccc(/C=C/C(=O)N2CSC[C@H]2C(=O)O)cc1. The average Bonchev–Trinajstić information content (AvgIpc) is 2.87. The minimum Gasteiger partial charge on any atom is -0.480 e. The number of amides is 1. The van der Waals surface area contributed by atoms with E-state index < -0.39 is 12.0 Å². The number of nitrogens with zero attached hydrogens (tertiary/aromatic N) is 1. The molecule has 0 bridgehead atoms. The highest BCUT2D eigenvalue weighted by Crippen LogP contribution is 2.21. The molecule has 1 aromatic rings. The zero-order chi connectivity index (χ0) is 13.8. The number of carbonyl (C=O) groups is 2. The third-order valence-electron chi connectivity index (χ3n) is 2.95. The number of rotatable bonds is 3. The number of carbonyl (C=O) groups excluding carboxylic acids is 1. The van der Waals surface area contributed by atoms with Gasteiger partial charge >= 0.3 is 5.97 Å². The predicted molar refractivity (Wildman–Crippen MR) is 75.8 cm³/mol. The first kappa shape index (κ1) is 13.7. The Morgan fingerprint density at radius 3 is 2.68 bits per heavy atom. The molecule has 4 nitrogen and oxygen atoms in total. The van der Waals surface area contributed by atoms with Gasteiger partial charge in [-0.25, -0.2) is 4.79 Å². The van der Waals surface area contributed by atoms with Crippen LogP contribution >= 0.6 is 11.8 Å². The number of benzene rings is 1. The fraction of sp³-hybridized carbons (Fsp3) is 0.286. The number of aryl methyl sites for hydroxylation is 1. The van der Waals surface area contributed by atoms with Crippen molar-refractivity contribution in [3.63, 3.8) is 0 Å². The molecule has 1 aromatic carbocycles. The second-order valence-electron chi connectivity index (χ2n) is 4.41. The molecule has 0 unspecified atom stereocenters. The maximum Gasteiger partial charge on any atom is 0.327 e. The molecule has 2 rings (SSSR count). The summed E-state index contributed by atoms with van der Waals surface area (Å²) in [5.74, 6) is -0.298. The molecule has 1 saturated heterocycles. The van der Waals surface area contributed by atoms with Gasteiger partial charge in [0.25, 0.3) is 0 Å². The molecule has 0 aliphatic carbocycles. The molecule has 0 aromatic heterocycles. The Bertz CT molecular complexity index is 510. The first-order valence-electron chi connectivity index (χ1n) is 5.94. The van der Waals surface area contributed by atoms with Crippen molar-refractivity contribution in [2.75, 3.05) is 11.6 Å². The van der Waals surface area contributed by atoms with Crippen LogP contribution < -0.4 is 0 Å². The van der Waals surface area contributed by atoms with Crippen molar-refractivity contribution in [3.05, 3.63) is 41.5 Å². The van der Waals surface area contributed by atoms with E-state index in [1.54, 1.807) is 6.08 Å². The van der Waals surface area contributed by atoms with E-state index >= 15 is 0 Å². The lowest BCUT2D eigenvalue weighted by molar-refractivity contribution is -0.146. The van der Waals surface area contributed by atoms with Crippen LogP contribution in [0.15, 0.2) is 30.3 Å². The first-order valence-corrected chi connectivity index (χ1v) is 7.09. The van der Waals surface area contributed by atoms with Crippen molar-refractivity contribution in [1.82, 2.24) is 4.90 Å². The summed E-state index contributed by atoms with van der Waals surface area (Å²) < 4.78 is 0. The topological polar surface area (TPSA) is 57.6 Å². The predicted octanol–water partition coefficient (Wildman–Crippen LogP) is 1.99. The summed E-state index contributed by atoms with van der Waals surface area (Å²) in [7, 11) is 0. The Kier molecular flexibility index (Phi) is 4.27. The van der Waals surface area contributed by atoms with E-state index in [4.69, 9.17) is 5.11 Å².